The summed E-state index contributed by atoms with van der Waals surface area (Å²) in [5, 5.41) is 20.8. The van der Waals surface area contributed by atoms with E-state index in [4.69, 9.17) is 0 Å². The predicted octanol–water partition coefficient (Wildman–Crippen LogP) is 3.34. The van der Waals surface area contributed by atoms with Gasteiger partial charge in [-0.25, -0.2) is 9.37 Å². The Morgan fingerprint density at radius 3 is 2.44 bits per heavy atom. The van der Waals surface area contributed by atoms with Gasteiger partial charge in [0.2, 0.25) is 17.7 Å². The number of nitrogens with zero attached hydrogens (tertiary/aromatic N) is 6. The third kappa shape index (κ3) is 8.09. The zero-order chi connectivity index (χ0) is 43.9. The van der Waals surface area contributed by atoms with Crippen molar-refractivity contribution < 1.29 is 43.1 Å². The Hall–Kier alpha value is -6.73. The van der Waals surface area contributed by atoms with Crippen LogP contribution < -0.4 is 20.9 Å². The first-order chi connectivity index (χ1) is 30.4. The van der Waals surface area contributed by atoms with Gasteiger partial charge in [0.1, 0.15) is 23.7 Å². The number of hydrogen-bond donors (Lipinski definition) is 4. The van der Waals surface area contributed by atoms with Gasteiger partial charge in [-0.2, -0.15) is 0 Å². The molecule has 3 aromatic carbocycles. The molecule has 0 spiro atoms. The molecule has 0 bridgehead atoms. The molecule has 5 aliphatic heterocycles. The van der Waals surface area contributed by atoms with Crippen LogP contribution in [-0.4, -0.2) is 129 Å². The van der Waals surface area contributed by atoms with E-state index in [1.807, 2.05) is 23.1 Å². The highest BCUT2D eigenvalue weighted by Gasteiger charge is 2.46. The summed E-state index contributed by atoms with van der Waals surface area (Å²) in [7, 11) is 0. The lowest BCUT2D eigenvalue weighted by Crippen LogP contribution is -2.54. The van der Waals surface area contributed by atoms with E-state index < -0.39 is 53.3 Å². The number of aromatic nitrogens is 1. The molecule has 7 amide bonds. The van der Waals surface area contributed by atoms with Gasteiger partial charge in [0.25, 0.3) is 23.6 Å². The van der Waals surface area contributed by atoms with Gasteiger partial charge in [0, 0.05) is 105 Å². The third-order valence-electron chi connectivity index (χ3n) is 12.6. The lowest BCUT2D eigenvalue weighted by molar-refractivity contribution is -0.136. The zero-order valence-corrected chi connectivity index (χ0v) is 34.9. The molecule has 3 fully saturated rings. The van der Waals surface area contributed by atoms with Crippen molar-refractivity contribution in [3.63, 3.8) is 0 Å². The molecule has 2 unspecified atom stereocenters. The number of piperidine rings is 2. The van der Waals surface area contributed by atoms with E-state index in [1.165, 1.54) is 34.6 Å². The lowest BCUT2D eigenvalue weighted by Gasteiger charge is -2.43. The van der Waals surface area contributed by atoms with Crippen LogP contribution in [0.2, 0.25) is 0 Å². The second kappa shape index (κ2) is 17.2. The summed E-state index contributed by atoms with van der Waals surface area (Å²) in [4.78, 5) is 105. The Balaban J connectivity index is 0.761. The van der Waals surface area contributed by atoms with Crippen LogP contribution in [0.25, 0.3) is 0 Å². The molecular weight excluding hydrogens is 834 g/mol. The number of carbonyl (C=O) groups excluding carboxylic acids is 7. The van der Waals surface area contributed by atoms with E-state index >= 15 is 0 Å². The number of phenols is 1. The van der Waals surface area contributed by atoms with E-state index in [-0.39, 0.29) is 60.7 Å². The number of thiazole rings is 1. The van der Waals surface area contributed by atoms with Crippen molar-refractivity contribution >= 4 is 69.2 Å². The van der Waals surface area contributed by atoms with Crippen molar-refractivity contribution in [1.29, 1.82) is 0 Å². The number of halogens is 1. The lowest BCUT2D eigenvalue weighted by atomic mass is 10.0. The highest BCUT2D eigenvalue weighted by atomic mass is 32.1. The van der Waals surface area contributed by atoms with Crippen molar-refractivity contribution in [3.8, 4) is 5.75 Å². The van der Waals surface area contributed by atoms with Crippen LogP contribution in [0.15, 0.2) is 66.2 Å². The molecule has 0 saturated carbocycles. The summed E-state index contributed by atoms with van der Waals surface area (Å²) in [6, 6.07) is 11.8. The maximum absolute atomic E-state index is 14.4. The summed E-state index contributed by atoms with van der Waals surface area (Å²) in [6.07, 6.45) is 3.57. The molecule has 3 saturated heterocycles. The van der Waals surface area contributed by atoms with Crippen LogP contribution in [-0.2, 0) is 25.7 Å². The first kappa shape index (κ1) is 41.6. The fraction of sp³-hybridized carbons (Fsp3) is 0.364. The van der Waals surface area contributed by atoms with Crippen LogP contribution in [0.3, 0.4) is 0 Å². The van der Waals surface area contributed by atoms with Gasteiger partial charge in [-0.15, -0.1) is 11.3 Å². The largest absolute Gasteiger partial charge is 0.508 e. The number of amides is 7. The number of aromatic hydroxyl groups is 1. The second-order valence-corrected chi connectivity index (χ2v) is 17.1. The Labute approximate surface area is 364 Å². The second-order valence-electron chi connectivity index (χ2n) is 16.2. The van der Waals surface area contributed by atoms with Gasteiger partial charge in [-0.3, -0.25) is 54.0 Å². The number of phenolic OH excluding ortho intramolecular Hbond substituents is 1. The number of piperazine rings is 1. The van der Waals surface area contributed by atoms with Gasteiger partial charge >= 0.3 is 0 Å². The van der Waals surface area contributed by atoms with Crippen molar-refractivity contribution in [2.75, 3.05) is 61.3 Å². The minimum atomic E-state index is -1.31. The number of carbonyl (C=O) groups is 7. The normalized spacial score (nSPS) is 19.9. The van der Waals surface area contributed by atoms with E-state index in [9.17, 15) is 43.1 Å². The van der Waals surface area contributed by atoms with Crippen molar-refractivity contribution in [2.45, 2.75) is 56.8 Å². The van der Waals surface area contributed by atoms with Gasteiger partial charge in [0.15, 0.2) is 5.13 Å². The molecule has 0 radical (unpaired) electrons. The molecule has 326 valence electrons. The number of anilines is 3. The van der Waals surface area contributed by atoms with Crippen molar-refractivity contribution in [1.82, 2.24) is 29.9 Å². The maximum Gasteiger partial charge on any atom is 0.264 e. The number of hydrogen-bond acceptors (Lipinski definition) is 13. The van der Waals surface area contributed by atoms with Crippen molar-refractivity contribution in [2.24, 2.45) is 0 Å². The Morgan fingerprint density at radius 2 is 1.70 bits per heavy atom. The molecule has 4 aromatic rings. The molecule has 0 aliphatic carbocycles. The van der Waals surface area contributed by atoms with Crippen molar-refractivity contribution in [3.05, 3.63) is 99.8 Å². The molecule has 1 aromatic heterocycles. The average Bonchev–Trinajstić information content (AvgIpc) is 3.98. The van der Waals surface area contributed by atoms with E-state index in [2.05, 4.69) is 30.7 Å². The number of benzene rings is 3. The van der Waals surface area contributed by atoms with Crippen LogP contribution in [0.4, 0.5) is 20.9 Å². The number of fused-ring (bicyclic) bond motifs is 2. The van der Waals surface area contributed by atoms with Crippen LogP contribution in [0.1, 0.15) is 80.3 Å². The SMILES string of the molecule is O=C1CCC(N2C(=O)c3cccc(NCCC(=O)N4CCN(C5CCN(c6ccc7c(c6)C(=O)N(C(C(=O)Nc6nccs6)c6cc(F)ccc6O)C7)CC5)CC4)c3C2=O)C(=O)N1. The molecule has 17 nitrogen and oxygen atoms in total. The molecule has 19 heteroatoms. The summed E-state index contributed by atoms with van der Waals surface area (Å²) in [5.41, 5.74) is 2.75. The minimum absolute atomic E-state index is 0.0262. The fourth-order valence-electron chi connectivity index (χ4n) is 9.32. The topological polar surface area (TPSA) is 205 Å². The Bertz CT molecular complexity index is 2520. The molecule has 5 aliphatic rings. The first-order valence-electron chi connectivity index (χ1n) is 20.9. The molecule has 9 rings (SSSR count). The molecule has 63 heavy (non-hydrogen) atoms. The predicted molar refractivity (Wildman–Crippen MR) is 227 cm³/mol. The quantitative estimate of drug-likeness (QED) is 0.160. The van der Waals surface area contributed by atoms with E-state index in [0.29, 0.717) is 35.5 Å². The number of rotatable bonds is 11. The monoisotopic (exact) mass is 877 g/mol. The zero-order valence-electron chi connectivity index (χ0n) is 34.0. The fourth-order valence-corrected chi connectivity index (χ4v) is 9.85. The minimum Gasteiger partial charge on any atom is -0.508 e. The van der Waals surface area contributed by atoms with Crippen LogP contribution in [0, 0.1) is 5.82 Å². The van der Waals surface area contributed by atoms with Crippen LogP contribution in [0.5, 0.6) is 5.75 Å². The standard InChI is InChI=1S/C44H44FN9O8S/c45-26-5-8-34(55)31(22-26)38(40(59)49-44-47-14-21-63-44)53-24-25-4-6-28(23-30(25)41(53)60)50-15-11-27(12-16-50)51-17-19-52(20-18-51)36(57)10-13-46-32-3-1-2-29-37(32)43(62)54(42(29)61)33-7-9-35(56)48-39(33)58/h1-6,8,14,21-23,27,33,38,46,55H,7,9-13,15-20,24H2,(H,47,49,59)(H,48,56,58). The summed E-state index contributed by atoms with van der Waals surface area (Å²) < 4.78 is 14.4. The summed E-state index contributed by atoms with van der Waals surface area (Å²) >= 11 is 1.20. The summed E-state index contributed by atoms with van der Waals surface area (Å²) in [6.45, 7) is 4.45. The number of imide groups is 2. The molecule has 6 heterocycles. The number of nitrogens with one attached hydrogen (secondary N) is 3. The maximum atomic E-state index is 14.4. The van der Waals surface area contributed by atoms with Gasteiger partial charge in [-0.05, 0) is 67.3 Å². The third-order valence-corrected chi connectivity index (χ3v) is 13.3. The van der Waals surface area contributed by atoms with Gasteiger partial charge < -0.3 is 25.1 Å². The average molecular weight is 878 g/mol. The molecule has 4 N–H and O–H groups in total. The summed E-state index contributed by atoms with van der Waals surface area (Å²) in [5.74, 6) is -4.33. The van der Waals surface area contributed by atoms with E-state index in [1.54, 1.807) is 17.5 Å². The smallest absolute Gasteiger partial charge is 0.264 e. The van der Waals surface area contributed by atoms with E-state index in [0.717, 1.165) is 67.3 Å². The molecular formula is C44H44FN9O8S. The molecule has 2 atom stereocenters. The van der Waals surface area contributed by atoms with Crippen LogP contribution >= 0.6 is 11.3 Å². The van der Waals surface area contributed by atoms with Gasteiger partial charge in [0.05, 0.1) is 11.1 Å². The Kier molecular flexibility index (Phi) is 11.4. The van der Waals surface area contributed by atoms with Gasteiger partial charge in [-0.1, -0.05) is 12.1 Å². The highest BCUT2D eigenvalue weighted by molar-refractivity contribution is 7.13. The Morgan fingerprint density at radius 1 is 0.905 bits per heavy atom. The first-order valence-corrected chi connectivity index (χ1v) is 21.8. The highest BCUT2D eigenvalue weighted by Crippen LogP contribution is 2.38.